The molecule has 0 radical (unpaired) electrons. The Kier molecular flexibility index (Phi) is 5.62. The smallest absolute Gasteiger partial charge is 0.200 e. The zero-order valence-corrected chi connectivity index (χ0v) is 15.4. The minimum atomic E-state index is -2.43. The molecule has 3 rings (SSSR count). The molecule has 11 heteroatoms. The average molecular weight is 448 g/mol. The van der Waals surface area contributed by atoms with Crippen LogP contribution < -0.4 is 0 Å². The Labute approximate surface area is 160 Å². The maximum Gasteiger partial charge on any atom is 0.200 e. The van der Waals surface area contributed by atoms with Crippen molar-refractivity contribution in [1.82, 2.24) is 0 Å². The van der Waals surface area contributed by atoms with Crippen LogP contribution in [0.15, 0.2) is 0 Å². The van der Waals surface area contributed by atoms with Crippen LogP contribution in [0.2, 0.25) is 0 Å². The van der Waals surface area contributed by atoms with Gasteiger partial charge in [0.15, 0.2) is 46.5 Å². The van der Waals surface area contributed by atoms with Gasteiger partial charge in [0.05, 0.1) is 0 Å². The van der Waals surface area contributed by atoms with Gasteiger partial charge in [0.2, 0.25) is 11.6 Å². The average Bonchev–Trinajstić information content (AvgIpc) is 2.69. The van der Waals surface area contributed by atoms with E-state index in [0.29, 0.717) is 0 Å². The molecule has 0 amide bonds. The number of hydrogen-bond acceptors (Lipinski definition) is 0. The van der Waals surface area contributed by atoms with Crippen LogP contribution in [-0.2, 0) is 5.16 Å². The molecule has 0 heterocycles. The van der Waals surface area contributed by atoms with E-state index in [9.17, 15) is 43.9 Å². The molecule has 158 valence electrons. The van der Waals surface area contributed by atoms with E-state index in [1.807, 2.05) is 0 Å². The lowest BCUT2D eigenvalue weighted by molar-refractivity contribution is 0.286. The molecule has 3 atom stereocenters. The first-order valence-corrected chi connectivity index (χ1v) is 8.84. The summed E-state index contributed by atoms with van der Waals surface area (Å²) in [5.41, 5.74) is -2.74. The lowest BCUT2D eigenvalue weighted by atomic mass is 9.70. The van der Waals surface area contributed by atoms with Crippen molar-refractivity contribution < 1.29 is 43.9 Å². The van der Waals surface area contributed by atoms with Gasteiger partial charge in [-0.05, 0) is 12.8 Å². The summed E-state index contributed by atoms with van der Waals surface area (Å²) in [5, 5.41) is -2.21. The van der Waals surface area contributed by atoms with Gasteiger partial charge in [-0.2, -0.15) is 0 Å². The van der Waals surface area contributed by atoms with Crippen LogP contribution in [0.1, 0.15) is 42.7 Å². The molecule has 1 aliphatic rings. The monoisotopic (exact) mass is 448 g/mol. The summed E-state index contributed by atoms with van der Waals surface area (Å²) < 4.78 is 139. The molecule has 29 heavy (non-hydrogen) atoms. The van der Waals surface area contributed by atoms with Crippen LogP contribution in [0.5, 0.6) is 0 Å². The quantitative estimate of drug-likeness (QED) is 0.213. The summed E-state index contributed by atoms with van der Waals surface area (Å²) in [7, 11) is 1.80. The topological polar surface area (TPSA) is 0 Å². The van der Waals surface area contributed by atoms with Crippen molar-refractivity contribution >= 4 is 9.24 Å². The molecule has 0 bridgehead atoms. The molecule has 1 saturated carbocycles. The molecule has 2 aromatic rings. The summed E-state index contributed by atoms with van der Waals surface area (Å²) in [6.45, 7) is 0. The van der Waals surface area contributed by atoms with E-state index in [0.717, 1.165) is 0 Å². The molecule has 0 N–H and O–H groups in total. The summed E-state index contributed by atoms with van der Waals surface area (Å²) in [6.07, 6.45) is -0.355. The Hall–Kier alpha value is -1.83. The SMILES string of the molecule is Fc1c(F)c(F)c(C2CCCCC2(P)c2c(F)c(F)c(F)c(F)c2F)c(F)c1F. The second-order valence-corrected chi connectivity index (χ2v) is 7.80. The van der Waals surface area contributed by atoms with Crippen molar-refractivity contribution in [3.63, 3.8) is 0 Å². The van der Waals surface area contributed by atoms with Crippen molar-refractivity contribution in [3.8, 4) is 0 Å². The predicted molar refractivity (Wildman–Crippen MR) is 85.1 cm³/mol. The Balaban J connectivity index is 2.34. The minimum Gasteiger partial charge on any atom is -0.203 e. The van der Waals surface area contributed by atoms with Gasteiger partial charge >= 0.3 is 0 Å². The van der Waals surface area contributed by atoms with Gasteiger partial charge in [-0.1, -0.05) is 12.8 Å². The molecular weight excluding hydrogens is 437 g/mol. The summed E-state index contributed by atoms with van der Waals surface area (Å²) in [5.74, 6) is -24.6. The van der Waals surface area contributed by atoms with Crippen LogP contribution in [0.3, 0.4) is 0 Å². The lowest BCUT2D eigenvalue weighted by Gasteiger charge is -2.42. The summed E-state index contributed by atoms with van der Waals surface area (Å²) in [4.78, 5) is 0. The van der Waals surface area contributed by atoms with Crippen molar-refractivity contribution in [2.75, 3.05) is 0 Å². The molecule has 0 nitrogen and oxygen atoms in total. The molecule has 0 aromatic heterocycles. The number of rotatable bonds is 2. The first-order chi connectivity index (χ1) is 13.4. The van der Waals surface area contributed by atoms with Gasteiger partial charge in [-0.25, -0.2) is 43.9 Å². The molecule has 3 unspecified atom stereocenters. The van der Waals surface area contributed by atoms with Crippen LogP contribution >= 0.6 is 9.24 Å². The fourth-order valence-electron chi connectivity index (χ4n) is 3.84. The third-order valence-electron chi connectivity index (χ3n) is 5.22. The molecule has 0 aliphatic heterocycles. The highest BCUT2D eigenvalue weighted by atomic mass is 31.0. The van der Waals surface area contributed by atoms with Crippen LogP contribution in [0.25, 0.3) is 0 Å². The molecular formula is C18H11F10P. The van der Waals surface area contributed by atoms with Crippen LogP contribution in [0.4, 0.5) is 43.9 Å². The Morgan fingerprint density at radius 3 is 1.38 bits per heavy atom. The second kappa shape index (κ2) is 7.45. The van der Waals surface area contributed by atoms with Crippen molar-refractivity contribution in [2.45, 2.75) is 36.8 Å². The predicted octanol–water partition coefficient (Wildman–Crippen LogP) is 6.51. The van der Waals surface area contributed by atoms with Crippen LogP contribution in [0, 0.1) is 58.2 Å². The van der Waals surface area contributed by atoms with E-state index in [1.54, 1.807) is 9.24 Å². The Bertz CT molecular complexity index is 947. The fraction of sp³-hybridized carbons (Fsp3) is 0.333. The highest BCUT2D eigenvalue weighted by Gasteiger charge is 2.48. The Morgan fingerprint density at radius 1 is 0.552 bits per heavy atom. The zero-order chi connectivity index (χ0) is 21.8. The number of halogens is 10. The van der Waals surface area contributed by atoms with E-state index in [2.05, 4.69) is 0 Å². The van der Waals surface area contributed by atoms with E-state index < -0.39 is 80.4 Å². The summed E-state index contributed by atoms with van der Waals surface area (Å²) in [6, 6.07) is 0. The normalized spacial score (nSPS) is 22.2. The fourth-order valence-corrected chi connectivity index (χ4v) is 4.63. The highest BCUT2D eigenvalue weighted by molar-refractivity contribution is 7.18. The van der Waals surface area contributed by atoms with Crippen molar-refractivity contribution in [1.29, 1.82) is 0 Å². The van der Waals surface area contributed by atoms with E-state index in [4.69, 9.17) is 0 Å². The third-order valence-corrected chi connectivity index (χ3v) is 6.20. The third kappa shape index (κ3) is 3.10. The number of benzene rings is 2. The van der Waals surface area contributed by atoms with Crippen molar-refractivity contribution in [3.05, 3.63) is 69.3 Å². The van der Waals surface area contributed by atoms with Gasteiger partial charge < -0.3 is 0 Å². The maximum atomic E-state index is 14.4. The van der Waals surface area contributed by atoms with Gasteiger partial charge in [0.1, 0.15) is 0 Å². The van der Waals surface area contributed by atoms with Crippen molar-refractivity contribution in [2.24, 2.45) is 0 Å². The van der Waals surface area contributed by atoms with E-state index >= 15 is 0 Å². The van der Waals surface area contributed by atoms with E-state index in [-0.39, 0.29) is 25.7 Å². The molecule has 1 fully saturated rings. The first-order valence-electron chi connectivity index (χ1n) is 8.27. The van der Waals surface area contributed by atoms with Gasteiger partial charge in [-0.15, -0.1) is 9.24 Å². The van der Waals surface area contributed by atoms with E-state index in [1.165, 1.54) is 0 Å². The van der Waals surface area contributed by atoms with Gasteiger partial charge in [0, 0.05) is 22.2 Å². The van der Waals surface area contributed by atoms with Gasteiger partial charge in [-0.3, -0.25) is 0 Å². The molecule has 1 aliphatic carbocycles. The van der Waals surface area contributed by atoms with Gasteiger partial charge in [0.25, 0.3) is 0 Å². The minimum absolute atomic E-state index is 0.148. The first kappa shape index (κ1) is 21.9. The standard InChI is InChI=1S/C18H11F10P/c19-8-6(9(20)13(24)16(27)12(8)23)5-3-1-2-4-18(5,29)7-10(21)14(25)17(28)15(26)11(7)22/h5H,1-4,29H2. The second-order valence-electron chi connectivity index (χ2n) is 6.77. The number of hydrogen-bond donors (Lipinski definition) is 0. The molecule has 0 spiro atoms. The van der Waals surface area contributed by atoms with Crippen LogP contribution in [-0.4, -0.2) is 0 Å². The Morgan fingerprint density at radius 2 is 0.931 bits per heavy atom. The summed E-state index contributed by atoms with van der Waals surface area (Å²) >= 11 is 0. The maximum absolute atomic E-state index is 14.4. The zero-order valence-electron chi connectivity index (χ0n) is 14.3. The molecule has 0 saturated heterocycles. The largest absolute Gasteiger partial charge is 0.203 e. The highest BCUT2D eigenvalue weighted by Crippen LogP contribution is 2.56. The lowest BCUT2D eigenvalue weighted by Crippen LogP contribution is -2.35. The molecule has 2 aromatic carbocycles.